The van der Waals surface area contributed by atoms with Gasteiger partial charge in [0.15, 0.2) is 11.5 Å². The summed E-state index contributed by atoms with van der Waals surface area (Å²) in [6, 6.07) is 16.0. The van der Waals surface area contributed by atoms with Gasteiger partial charge in [-0.05, 0) is 67.8 Å². The molecule has 1 aliphatic rings. The van der Waals surface area contributed by atoms with Crippen molar-refractivity contribution < 1.29 is 14.3 Å². The van der Waals surface area contributed by atoms with Crippen LogP contribution in [0.2, 0.25) is 0 Å². The molecule has 9 heteroatoms. The molecule has 1 amide bonds. The van der Waals surface area contributed by atoms with Crippen molar-refractivity contribution in [3.63, 3.8) is 0 Å². The van der Waals surface area contributed by atoms with Crippen molar-refractivity contribution in [2.24, 2.45) is 0 Å². The lowest BCUT2D eigenvalue weighted by Gasteiger charge is -2.29. The highest BCUT2D eigenvalue weighted by Gasteiger charge is 2.26. The number of amides is 1. The molecule has 35 heavy (non-hydrogen) atoms. The van der Waals surface area contributed by atoms with Crippen molar-refractivity contribution in [3.8, 4) is 11.3 Å². The van der Waals surface area contributed by atoms with Gasteiger partial charge in [-0.25, -0.2) is 19.2 Å². The molecule has 0 spiro atoms. The lowest BCUT2D eigenvalue weighted by atomic mass is 9.93. The van der Waals surface area contributed by atoms with Crippen LogP contribution < -0.4 is 4.90 Å². The molecule has 0 radical (unpaired) electrons. The Balaban J connectivity index is 1.50. The van der Waals surface area contributed by atoms with E-state index in [9.17, 15) is 14.3 Å². The SMILES string of the molecule is CCc1nc2ccc(C3CCN(C(=O)O)CC3)nn2c1N(C)c1cccc(-c2ccc(F)cc2)n1. The Hall–Kier alpha value is -4.01. The first-order valence-electron chi connectivity index (χ1n) is 11.8. The van der Waals surface area contributed by atoms with Crippen molar-refractivity contribution in [1.82, 2.24) is 24.5 Å². The maximum Gasteiger partial charge on any atom is 0.407 e. The molecule has 0 atom stereocenters. The van der Waals surface area contributed by atoms with E-state index in [1.54, 1.807) is 12.1 Å². The minimum absolute atomic E-state index is 0.195. The zero-order valence-electron chi connectivity index (χ0n) is 19.7. The fourth-order valence-electron chi connectivity index (χ4n) is 4.64. The number of nitrogens with zero attached hydrogens (tertiary/aromatic N) is 6. The van der Waals surface area contributed by atoms with Crippen molar-refractivity contribution in [2.45, 2.75) is 32.1 Å². The number of benzene rings is 1. The lowest BCUT2D eigenvalue weighted by Crippen LogP contribution is -2.37. The quantitative estimate of drug-likeness (QED) is 0.432. The molecule has 1 aliphatic heterocycles. The Morgan fingerprint density at radius 1 is 1.09 bits per heavy atom. The number of imidazole rings is 1. The number of pyridine rings is 1. The second kappa shape index (κ2) is 9.32. The van der Waals surface area contributed by atoms with Crippen molar-refractivity contribution in [1.29, 1.82) is 0 Å². The van der Waals surface area contributed by atoms with Crippen LogP contribution in [0.25, 0.3) is 16.9 Å². The molecule has 1 fully saturated rings. The Kier molecular flexibility index (Phi) is 6.07. The van der Waals surface area contributed by atoms with E-state index < -0.39 is 6.09 Å². The number of aryl methyl sites for hydroxylation is 1. The largest absolute Gasteiger partial charge is 0.465 e. The van der Waals surface area contributed by atoms with Crippen LogP contribution in [-0.2, 0) is 6.42 Å². The van der Waals surface area contributed by atoms with E-state index in [2.05, 4.69) is 6.92 Å². The third kappa shape index (κ3) is 4.41. The van der Waals surface area contributed by atoms with Gasteiger partial charge in [0.05, 0.1) is 17.1 Å². The number of aromatic nitrogens is 4. The van der Waals surface area contributed by atoms with Gasteiger partial charge in [0.1, 0.15) is 11.6 Å². The molecule has 3 aromatic heterocycles. The third-order valence-electron chi connectivity index (χ3n) is 6.60. The molecule has 8 nitrogen and oxygen atoms in total. The van der Waals surface area contributed by atoms with Gasteiger partial charge < -0.3 is 14.9 Å². The van der Waals surface area contributed by atoms with Crippen LogP contribution >= 0.6 is 0 Å². The average Bonchev–Trinajstić information content (AvgIpc) is 3.26. The molecule has 4 heterocycles. The summed E-state index contributed by atoms with van der Waals surface area (Å²) in [5.41, 5.74) is 4.19. The highest BCUT2D eigenvalue weighted by atomic mass is 19.1. The topological polar surface area (TPSA) is 86.9 Å². The van der Waals surface area contributed by atoms with Gasteiger partial charge in [0.25, 0.3) is 0 Å². The van der Waals surface area contributed by atoms with Crippen LogP contribution in [0.3, 0.4) is 0 Å². The second-order valence-corrected chi connectivity index (χ2v) is 8.75. The van der Waals surface area contributed by atoms with Crippen LogP contribution in [-0.4, -0.2) is 55.8 Å². The number of fused-ring (bicyclic) bond motifs is 1. The standard InChI is InChI=1S/C26H27FN6O2/c1-3-20-25(31(2)23-6-4-5-21(29-23)17-7-9-19(27)10-8-17)33-24(28-20)12-11-22(30-33)18-13-15-32(16-14-18)26(34)35/h4-12,18H,3,13-16H2,1-2H3,(H,34,35). The van der Waals surface area contributed by atoms with Crippen molar-refractivity contribution >= 4 is 23.4 Å². The minimum atomic E-state index is -0.867. The summed E-state index contributed by atoms with van der Waals surface area (Å²) in [6.07, 6.45) is 1.35. The molecule has 5 rings (SSSR count). The van der Waals surface area contributed by atoms with Gasteiger partial charge in [-0.2, -0.15) is 9.61 Å². The molecule has 1 aromatic carbocycles. The molecule has 180 valence electrons. The molecule has 4 aromatic rings. The van der Waals surface area contributed by atoms with Crippen molar-refractivity contribution in [2.75, 3.05) is 25.0 Å². The van der Waals surface area contributed by atoms with E-state index in [1.165, 1.54) is 17.0 Å². The van der Waals surface area contributed by atoms with Gasteiger partial charge >= 0.3 is 6.09 Å². The maximum absolute atomic E-state index is 13.4. The lowest BCUT2D eigenvalue weighted by molar-refractivity contribution is 0.131. The average molecular weight is 475 g/mol. The molecule has 0 aliphatic carbocycles. The van der Waals surface area contributed by atoms with Gasteiger partial charge in [-0.1, -0.05) is 13.0 Å². The second-order valence-electron chi connectivity index (χ2n) is 8.75. The number of halogens is 1. The first-order valence-corrected chi connectivity index (χ1v) is 11.8. The van der Waals surface area contributed by atoms with Gasteiger partial charge in [-0.15, -0.1) is 0 Å². The molecular formula is C26H27FN6O2. The first kappa shape index (κ1) is 22.8. The van der Waals surface area contributed by atoms with E-state index in [4.69, 9.17) is 15.1 Å². The van der Waals surface area contributed by atoms with E-state index in [-0.39, 0.29) is 11.7 Å². The summed E-state index contributed by atoms with van der Waals surface area (Å²) in [5, 5.41) is 14.2. The minimum Gasteiger partial charge on any atom is -0.465 e. The first-order chi connectivity index (χ1) is 16.9. The summed E-state index contributed by atoms with van der Waals surface area (Å²) < 4.78 is 15.2. The summed E-state index contributed by atoms with van der Waals surface area (Å²) in [5.74, 6) is 1.48. The fourth-order valence-corrected chi connectivity index (χ4v) is 4.64. The Morgan fingerprint density at radius 2 is 1.83 bits per heavy atom. The van der Waals surface area contributed by atoms with Crippen LogP contribution in [0.15, 0.2) is 54.6 Å². The highest BCUT2D eigenvalue weighted by molar-refractivity contribution is 5.67. The number of likely N-dealkylation sites (tertiary alicyclic amines) is 1. The van der Waals surface area contributed by atoms with E-state index in [1.807, 2.05) is 46.8 Å². The third-order valence-corrected chi connectivity index (χ3v) is 6.60. The number of piperidine rings is 1. The van der Waals surface area contributed by atoms with Crippen LogP contribution in [0, 0.1) is 5.82 Å². The van der Waals surface area contributed by atoms with E-state index in [0.29, 0.717) is 13.1 Å². The number of hydrogen-bond donors (Lipinski definition) is 1. The summed E-state index contributed by atoms with van der Waals surface area (Å²) in [6.45, 7) is 3.08. The molecular weight excluding hydrogens is 447 g/mol. The normalized spacial score (nSPS) is 14.4. The number of rotatable bonds is 5. The molecule has 0 saturated carbocycles. The van der Waals surface area contributed by atoms with Gasteiger partial charge in [0.2, 0.25) is 0 Å². The van der Waals surface area contributed by atoms with Gasteiger partial charge in [-0.3, -0.25) is 0 Å². The Morgan fingerprint density at radius 3 is 2.51 bits per heavy atom. The monoisotopic (exact) mass is 474 g/mol. The zero-order valence-corrected chi connectivity index (χ0v) is 19.7. The van der Waals surface area contributed by atoms with Crippen molar-refractivity contribution in [3.05, 3.63) is 71.8 Å². The van der Waals surface area contributed by atoms with Crippen LogP contribution in [0.5, 0.6) is 0 Å². The predicted molar refractivity (Wildman–Crippen MR) is 132 cm³/mol. The number of carboxylic acid groups (broad SMARTS) is 1. The summed E-state index contributed by atoms with van der Waals surface area (Å²) in [7, 11) is 1.94. The van der Waals surface area contributed by atoms with Crippen LogP contribution in [0.1, 0.15) is 37.1 Å². The number of anilines is 2. The smallest absolute Gasteiger partial charge is 0.407 e. The van der Waals surface area contributed by atoms with Crippen LogP contribution in [0.4, 0.5) is 20.8 Å². The van der Waals surface area contributed by atoms with E-state index >= 15 is 0 Å². The highest BCUT2D eigenvalue weighted by Crippen LogP contribution is 2.31. The fraction of sp³-hybridized carbons (Fsp3) is 0.308. The number of carbonyl (C=O) groups is 1. The molecule has 1 N–H and O–H groups in total. The number of hydrogen-bond acceptors (Lipinski definition) is 5. The Labute approximate surface area is 202 Å². The molecule has 1 saturated heterocycles. The molecule has 0 unspecified atom stereocenters. The summed E-state index contributed by atoms with van der Waals surface area (Å²) >= 11 is 0. The zero-order chi connectivity index (χ0) is 24.5. The van der Waals surface area contributed by atoms with E-state index in [0.717, 1.165) is 59.2 Å². The molecule has 0 bridgehead atoms. The Bertz CT molecular complexity index is 1360. The predicted octanol–water partition coefficient (Wildman–Crippen LogP) is 5.12. The van der Waals surface area contributed by atoms with Gasteiger partial charge in [0, 0.05) is 31.6 Å². The maximum atomic E-state index is 13.4. The summed E-state index contributed by atoms with van der Waals surface area (Å²) in [4.78, 5) is 24.3.